The van der Waals surface area contributed by atoms with Gasteiger partial charge >= 0.3 is 0 Å². The predicted octanol–water partition coefficient (Wildman–Crippen LogP) is 2.33. The lowest BCUT2D eigenvalue weighted by Gasteiger charge is -2.41. The Morgan fingerprint density at radius 1 is 1.35 bits per heavy atom. The third-order valence-electron chi connectivity index (χ3n) is 4.06. The van der Waals surface area contributed by atoms with Crippen molar-refractivity contribution in [3.63, 3.8) is 0 Å². The fourth-order valence-electron chi connectivity index (χ4n) is 2.50. The molecule has 1 aliphatic rings. The van der Waals surface area contributed by atoms with Crippen molar-refractivity contribution in [1.82, 2.24) is 10.2 Å². The second-order valence-electron chi connectivity index (χ2n) is 6.34. The molecule has 1 amide bonds. The van der Waals surface area contributed by atoms with Gasteiger partial charge in [0.05, 0.1) is 13.2 Å². The first kappa shape index (κ1) is 18.0. The van der Waals surface area contributed by atoms with Crippen molar-refractivity contribution < 1.29 is 14.3 Å². The van der Waals surface area contributed by atoms with Crippen LogP contribution in [0.3, 0.4) is 0 Å². The van der Waals surface area contributed by atoms with Crippen molar-refractivity contribution in [3.8, 4) is 5.75 Å². The maximum absolute atomic E-state index is 12.2. The zero-order valence-corrected chi connectivity index (χ0v) is 14.7. The molecule has 0 spiro atoms. The van der Waals surface area contributed by atoms with E-state index in [1.807, 2.05) is 0 Å². The minimum Gasteiger partial charge on any atom is -0.481 e. The lowest BCUT2D eigenvalue weighted by Crippen LogP contribution is -2.56. The van der Waals surface area contributed by atoms with Crippen molar-refractivity contribution in [2.24, 2.45) is 0 Å². The van der Waals surface area contributed by atoms with E-state index in [4.69, 9.17) is 21.1 Å². The number of halogens is 1. The molecule has 1 heterocycles. The van der Waals surface area contributed by atoms with Gasteiger partial charge in [0.15, 0.2) is 6.10 Å². The van der Waals surface area contributed by atoms with Gasteiger partial charge in [0.2, 0.25) is 0 Å². The summed E-state index contributed by atoms with van der Waals surface area (Å²) in [5, 5.41) is 3.62. The minimum absolute atomic E-state index is 0.112. The summed E-state index contributed by atoms with van der Waals surface area (Å²) in [6, 6.07) is 6.99. The molecule has 2 rings (SSSR count). The second-order valence-corrected chi connectivity index (χ2v) is 6.78. The maximum Gasteiger partial charge on any atom is 0.260 e. The van der Waals surface area contributed by atoms with Gasteiger partial charge in [-0.3, -0.25) is 9.69 Å². The van der Waals surface area contributed by atoms with E-state index in [1.165, 1.54) is 0 Å². The summed E-state index contributed by atoms with van der Waals surface area (Å²) in [5.41, 5.74) is -0.112. The fraction of sp³-hybridized carbons (Fsp3) is 0.588. The highest BCUT2D eigenvalue weighted by Crippen LogP contribution is 2.17. The number of carbonyl (C=O) groups is 1. The van der Waals surface area contributed by atoms with Gasteiger partial charge in [-0.25, -0.2) is 0 Å². The smallest absolute Gasteiger partial charge is 0.260 e. The minimum atomic E-state index is -0.559. The molecule has 0 aromatic heterocycles. The summed E-state index contributed by atoms with van der Waals surface area (Å²) in [7, 11) is 0. The normalized spacial score (nSPS) is 17.6. The molecule has 1 unspecified atom stereocenters. The standard InChI is InChI=1S/C17H25ClN2O3/c1-13(23-15-6-4-14(18)5-7-15)16(21)19-12-17(2,3)20-8-10-22-11-9-20/h4-7,13H,8-12H2,1-3H3,(H,19,21). The Bertz CT molecular complexity index is 513. The van der Waals surface area contributed by atoms with Crippen LogP contribution in [0.2, 0.25) is 5.02 Å². The van der Waals surface area contributed by atoms with Crippen molar-refractivity contribution in [2.75, 3.05) is 32.8 Å². The van der Waals surface area contributed by atoms with Crippen molar-refractivity contribution in [3.05, 3.63) is 29.3 Å². The lowest BCUT2D eigenvalue weighted by molar-refractivity contribution is -0.128. The summed E-state index contributed by atoms with van der Waals surface area (Å²) in [4.78, 5) is 14.6. The highest BCUT2D eigenvalue weighted by atomic mass is 35.5. The summed E-state index contributed by atoms with van der Waals surface area (Å²) >= 11 is 5.84. The Morgan fingerprint density at radius 2 is 1.96 bits per heavy atom. The zero-order valence-electron chi connectivity index (χ0n) is 14.0. The topological polar surface area (TPSA) is 50.8 Å². The Morgan fingerprint density at radius 3 is 2.57 bits per heavy atom. The van der Waals surface area contributed by atoms with Crippen molar-refractivity contribution in [1.29, 1.82) is 0 Å². The van der Waals surface area contributed by atoms with Crippen LogP contribution >= 0.6 is 11.6 Å². The molecule has 1 fully saturated rings. The van der Waals surface area contributed by atoms with Crippen LogP contribution in [-0.4, -0.2) is 55.3 Å². The summed E-state index contributed by atoms with van der Waals surface area (Å²) < 4.78 is 11.0. The fourth-order valence-corrected chi connectivity index (χ4v) is 2.62. The molecule has 1 aromatic rings. The summed E-state index contributed by atoms with van der Waals surface area (Å²) in [6.07, 6.45) is -0.559. The Kier molecular flexibility index (Phi) is 6.27. The predicted molar refractivity (Wildman–Crippen MR) is 91.0 cm³/mol. The number of rotatable bonds is 6. The molecule has 0 bridgehead atoms. The average Bonchev–Trinajstić information content (AvgIpc) is 2.55. The molecule has 1 saturated heterocycles. The first-order valence-corrected chi connectivity index (χ1v) is 8.29. The van der Waals surface area contributed by atoms with Crippen LogP contribution in [0.4, 0.5) is 0 Å². The first-order chi connectivity index (χ1) is 10.9. The van der Waals surface area contributed by atoms with Gasteiger partial charge in [0.1, 0.15) is 5.75 Å². The number of carbonyl (C=O) groups excluding carboxylic acids is 1. The number of hydrogen-bond donors (Lipinski definition) is 1. The van der Waals surface area contributed by atoms with E-state index >= 15 is 0 Å². The summed E-state index contributed by atoms with van der Waals surface area (Å²) in [6.45, 7) is 9.83. The molecule has 5 nitrogen and oxygen atoms in total. The zero-order chi connectivity index (χ0) is 16.9. The lowest BCUT2D eigenvalue weighted by atomic mass is 10.0. The Balaban J connectivity index is 1.82. The van der Waals surface area contributed by atoms with Gasteiger partial charge in [-0.2, -0.15) is 0 Å². The van der Waals surface area contributed by atoms with E-state index in [9.17, 15) is 4.79 Å². The van der Waals surface area contributed by atoms with Crippen molar-refractivity contribution in [2.45, 2.75) is 32.4 Å². The van der Waals surface area contributed by atoms with Crippen LogP contribution < -0.4 is 10.1 Å². The molecule has 1 atom stereocenters. The number of morpholine rings is 1. The van der Waals surface area contributed by atoms with Crippen LogP contribution in [0.1, 0.15) is 20.8 Å². The van der Waals surface area contributed by atoms with E-state index in [2.05, 4.69) is 24.1 Å². The van der Waals surface area contributed by atoms with Gasteiger partial charge in [0, 0.05) is 30.2 Å². The third kappa shape index (κ3) is 5.37. The second kappa shape index (κ2) is 7.99. The SMILES string of the molecule is CC(Oc1ccc(Cl)cc1)C(=O)NCC(C)(C)N1CCOCC1. The van der Waals surface area contributed by atoms with Gasteiger partial charge in [-0.1, -0.05) is 11.6 Å². The van der Waals surface area contributed by atoms with Gasteiger partial charge in [0.25, 0.3) is 5.91 Å². The Hall–Kier alpha value is -1.30. The molecule has 1 aromatic carbocycles. The quantitative estimate of drug-likeness (QED) is 0.863. The van der Waals surface area contributed by atoms with E-state index in [0.29, 0.717) is 17.3 Å². The number of nitrogens with one attached hydrogen (secondary N) is 1. The Labute approximate surface area is 142 Å². The highest BCUT2D eigenvalue weighted by Gasteiger charge is 2.29. The molecule has 1 aliphatic heterocycles. The molecular formula is C17H25ClN2O3. The summed E-state index contributed by atoms with van der Waals surface area (Å²) in [5.74, 6) is 0.505. The van der Waals surface area contributed by atoms with E-state index in [1.54, 1.807) is 31.2 Å². The molecule has 128 valence electrons. The molecule has 0 saturated carbocycles. The number of hydrogen-bond acceptors (Lipinski definition) is 4. The largest absolute Gasteiger partial charge is 0.481 e. The van der Waals surface area contributed by atoms with E-state index in [-0.39, 0.29) is 11.4 Å². The molecule has 0 aliphatic carbocycles. The van der Waals surface area contributed by atoms with Crippen molar-refractivity contribution >= 4 is 17.5 Å². The molecule has 6 heteroatoms. The number of ether oxygens (including phenoxy) is 2. The van der Waals surface area contributed by atoms with Crippen LogP contribution in [-0.2, 0) is 9.53 Å². The first-order valence-electron chi connectivity index (χ1n) is 7.91. The molecular weight excluding hydrogens is 316 g/mol. The van der Waals surface area contributed by atoms with Gasteiger partial charge in [-0.15, -0.1) is 0 Å². The maximum atomic E-state index is 12.2. The third-order valence-corrected chi connectivity index (χ3v) is 4.31. The van der Waals surface area contributed by atoms with E-state index < -0.39 is 6.10 Å². The molecule has 1 N–H and O–H groups in total. The van der Waals surface area contributed by atoms with E-state index in [0.717, 1.165) is 26.3 Å². The molecule has 0 radical (unpaired) electrons. The van der Waals surface area contributed by atoms with Gasteiger partial charge < -0.3 is 14.8 Å². The van der Waals surface area contributed by atoms with Crippen LogP contribution in [0.25, 0.3) is 0 Å². The van der Waals surface area contributed by atoms with Gasteiger partial charge in [-0.05, 0) is 45.0 Å². The number of nitrogens with zero attached hydrogens (tertiary/aromatic N) is 1. The van der Waals surface area contributed by atoms with Crippen LogP contribution in [0.5, 0.6) is 5.75 Å². The molecule has 23 heavy (non-hydrogen) atoms. The van der Waals surface area contributed by atoms with Crippen LogP contribution in [0, 0.1) is 0 Å². The van der Waals surface area contributed by atoms with Crippen LogP contribution in [0.15, 0.2) is 24.3 Å². The monoisotopic (exact) mass is 340 g/mol. The number of amides is 1. The highest BCUT2D eigenvalue weighted by molar-refractivity contribution is 6.30. The number of benzene rings is 1. The average molecular weight is 341 g/mol.